The predicted octanol–water partition coefficient (Wildman–Crippen LogP) is 4.66. The molecule has 5 nitrogen and oxygen atoms in total. The molecule has 0 atom stereocenters. The van der Waals surface area contributed by atoms with Crippen LogP contribution in [0.2, 0.25) is 0 Å². The first-order chi connectivity index (χ1) is 13.5. The van der Waals surface area contributed by atoms with E-state index in [0.717, 1.165) is 15.9 Å². The van der Waals surface area contributed by atoms with Gasteiger partial charge in [-0.1, -0.05) is 23.9 Å². The quantitative estimate of drug-likeness (QED) is 0.652. The lowest BCUT2D eigenvalue weighted by atomic mass is 10.0. The molecule has 144 valence electrons. The number of nitrogens with one attached hydrogen (secondary N) is 1. The number of carbonyl (C=O) groups is 1. The molecule has 1 amide bonds. The Kier molecular flexibility index (Phi) is 5.13. The number of pyridine rings is 1. The zero-order valence-electron chi connectivity index (χ0n) is 16.2. The smallest absolute Gasteiger partial charge is 0.234 e. The predicted molar refractivity (Wildman–Crippen MR) is 113 cm³/mol. The first-order valence-corrected chi connectivity index (χ1v) is 10.2. The molecule has 0 aliphatic carbocycles. The molecule has 1 N–H and O–H groups in total. The number of nitrogens with zero attached hydrogens (tertiary/aromatic N) is 1. The average molecular weight is 394 g/mol. The number of carbonyl (C=O) groups excluding carboxylic acids is 1. The highest BCUT2D eigenvalue weighted by Gasteiger charge is 2.13. The Morgan fingerprint density at radius 1 is 1.04 bits per heavy atom. The van der Waals surface area contributed by atoms with E-state index in [4.69, 9.17) is 14.5 Å². The fourth-order valence-electron chi connectivity index (χ4n) is 3.20. The number of thioether (sulfide) groups is 1. The van der Waals surface area contributed by atoms with Crippen molar-refractivity contribution in [3.05, 3.63) is 53.1 Å². The Morgan fingerprint density at radius 3 is 2.64 bits per heavy atom. The van der Waals surface area contributed by atoms with Crippen LogP contribution in [0.1, 0.15) is 16.7 Å². The SMILES string of the molecule is Cc1ccc2c(C)cc(SCC(=O)Nc3ccc4c(c3)OCCO4)nc2c1C. The van der Waals surface area contributed by atoms with Gasteiger partial charge in [0.15, 0.2) is 11.5 Å². The van der Waals surface area contributed by atoms with Crippen molar-refractivity contribution in [3.8, 4) is 11.5 Å². The number of hydrogen-bond acceptors (Lipinski definition) is 5. The van der Waals surface area contributed by atoms with Gasteiger partial charge in [-0.3, -0.25) is 4.79 Å². The van der Waals surface area contributed by atoms with E-state index in [1.54, 1.807) is 6.07 Å². The van der Waals surface area contributed by atoms with Gasteiger partial charge in [-0.15, -0.1) is 0 Å². The molecule has 0 spiro atoms. The summed E-state index contributed by atoms with van der Waals surface area (Å²) in [4.78, 5) is 17.2. The van der Waals surface area contributed by atoms with E-state index in [1.807, 2.05) is 18.2 Å². The molecule has 0 radical (unpaired) electrons. The van der Waals surface area contributed by atoms with Crippen molar-refractivity contribution in [2.75, 3.05) is 24.3 Å². The molecular weight excluding hydrogens is 372 g/mol. The molecule has 1 aliphatic heterocycles. The van der Waals surface area contributed by atoms with E-state index in [1.165, 1.54) is 28.5 Å². The van der Waals surface area contributed by atoms with Crippen molar-refractivity contribution in [1.82, 2.24) is 4.98 Å². The summed E-state index contributed by atoms with van der Waals surface area (Å²) >= 11 is 1.44. The minimum Gasteiger partial charge on any atom is -0.486 e. The van der Waals surface area contributed by atoms with Crippen LogP contribution in [0.3, 0.4) is 0 Å². The van der Waals surface area contributed by atoms with E-state index in [9.17, 15) is 4.79 Å². The van der Waals surface area contributed by atoms with Crippen LogP contribution in [0.15, 0.2) is 41.4 Å². The Bertz CT molecular complexity index is 1070. The molecule has 4 rings (SSSR count). The van der Waals surface area contributed by atoms with Crippen LogP contribution in [0.25, 0.3) is 10.9 Å². The third kappa shape index (κ3) is 3.78. The van der Waals surface area contributed by atoms with Crippen LogP contribution < -0.4 is 14.8 Å². The minimum atomic E-state index is -0.0813. The molecule has 1 aliphatic rings. The summed E-state index contributed by atoms with van der Waals surface area (Å²) in [5.41, 5.74) is 5.28. The summed E-state index contributed by atoms with van der Waals surface area (Å²) in [5.74, 6) is 1.58. The van der Waals surface area contributed by atoms with E-state index in [-0.39, 0.29) is 11.7 Å². The molecule has 28 heavy (non-hydrogen) atoms. The second-order valence-corrected chi connectivity index (χ2v) is 7.87. The second kappa shape index (κ2) is 7.72. The monoisotopic (exact) mass is 394 g/mol. The van der Waals surface area contributed by atoms with Crippen molar-refractivity contribution in [2.45, 2.75) is 25.8 Å². The van der Waals surface area contributed by atoms with Crippen LogP contribution >= 0.6 is 11.8 Å². The number of aryl methyl sites for hydroxylation is 3. The van der Waals surface area contributed by atoms with Gasteiger partial charge in [-0.2, -0.15) is 0 Å². The Morgan fingerprint density at radius 2 is 1.82 bits per heavy atom. The summed E-state index contributed by atoms with van der Waals surface area (Å²) in [7, 11) is 0. The van der Waals surface area contributed by atoms with E-state index < -0.39 is 0 Å². The summed E-state index contributed by atoms with van der Waals surface area (Å²) in [6.45, 7) is 7.33. The van der Waals surface area contributed by atoms with E-state index in [2.05, 4.69) is 38.2 Å². The third-order valence-corrected chi connectivity index (χ3v) is 5.78. The van der Waals surface area contributed by atoms with Gasteiger partial charge in [0.25, 0.3) is 0 Å². The molecule has 0 unspecified atom stereocenters. The van der Waals surface area contributed by atoms with Gasteiger partial charge in [-0.05, 0) is 55.7 Å². The van der Waals surface area contributed by atoms with Gasteiger partial charge in [0, 0.05) is 17.1 Å². The topological polar surface area (TPSA) is 60.5 Å². The second-order valence-electron chi connectivity index (χ2n) is 6.88. The molecule has 0 fully saturated rings. The maximum Gasteiger partial charge on any atom is 0.234 e. The zero-order chi connectivity index (χ0) is 19.7. The Balaban J connectivity index is 1.45. The highest BCUT2D eigenvalue weighted by Crippen LogP contribution is 2.33. The number of anilines is 1. The normalized spacial score (nSPS) is 12.8. The number of fused-ring (bicyclic) bond motifs is 2. The molecule has 2 aromatic carbocycles. The molecule has 6 heteroatoms. The average Bonchev–Trinajstić information content (AvgIpc) is 2.69. The van der Waals surface area contributed by atoms with Crippen LogP contribution in [-0.4, -0.2) is 29.9 Å². The molecule has 0 bridgehead atoms. The van der Waals surface area contributed by atoms with E-state index in [0.29, 0.717) is 30.4 Å². The van der Waals surface area contributed by atoms with Crippen molar-refractivity contribution in [2.24, 2.45) is 0 Å². The number of amides is 1. The van der Waals surface area contributed by atoms with Crippen molar-refractivity contribution < 1.29 is 14.3 Å². The summed E-state index contributed by atoms with van der Waals surface area (Å²) in [5, 5.41) is 4.93. The molecule has 1 aromatic heterocycles. The van der Waals surface area contributed by atoms with Crippen LogP contribution in [-0.2, 0) is 4.79 Å². The number of rotatable bonds is 4. The first kappa shape index (κ1) is 18.6. The number of ether oxygens (including phenoxy) is 2. The van der Waals surface area contributed by atoms with Crippen LogP contribution in [0.5, 0.6) is 11.5 Å². The zero-order valence-corrected chi connectivity index (χ0v) is 17.0. The molecule has 0 saturated heterocycles. The summed E-state index contributed by atoms with van der Waals surface area (Å²) in [6.07, 6.45) is 0. The lowest BCUT2D eigenvalue weighted by Crippen LogP contribution is -2.17. The fourth-order valence-corrected chi connectivity index (χ4v) is 3.97. The lowest BCUT2D eigenvalue weighted by Gasteiger charge is -2.19. The van der Waals surface area contributed by atoms with Gasteiger partial charge < -0.3 is 14.8 Å². The largest absolute Gasteiger partial charge is 0.486 e. The fraction of sp³-hybridized carbons (Fsp3) is 0.273. The molecular formula is C22H22N2O3S. The highest BCUT2D eigenvalue weighted by atomic mass is 32.2. The molecule has 2 heterocycles. The van der Waals surface area contributed by atoms with Gasteiger partial charge in [0.1, 0.15) is 13.2 Å². The highest BCUT2D eigenvalue weighted by molar-refractivity contribution is 7.99. The summed E-state index contributed by atoms with van der Waals surface area (Å²) < 4.78 is 11.1. The number of hydrogen-bond donors (Lipinski definition) is 1. The standard InChI is InChI=1S/C22H22N2O3S/c1-13-4-6-17-14(2)10-21(24-22(17)15(13)3)28-12-20(25)23-16-5-7-18-19(11-16)27-9-8-26-18/h4-7,10-11H,8-9,12H2,1-3H3,(H,23,25). The maximum atomic E-state index is 12.4. The molecule has 3 aromatic rings. The maximum absolute atomic E-state index is 12.4. The molecule has 0 saturated carbocycles. The number of aromatic nitrogens is 1. The lowest BCUT2D eigenvalue weighted by molar-refractivity contribution is -0.113. The minimum absolute atomic E-state index is 0.0813. The van der Waals surface area contributed by atoms with Crippen molar-refractivity contribution in [1.29, 1.82) is 0 Å². The summed E-state index contributed by atoms with van der Waals surface area (Å²) in [6, 6.07) is 11.7. The van der Waals surface area contributed by atoms with Gasteiger partial charge in [0.2, 0.25) is 5.91 Å². The van der Waals surface area contributed by atoms with Gasteiger partial charge in [-0.25, -0.2) is 4.98 Å². The van der Waals surface area contributed by atoms with Crippen LogP contribution in [0, 0.1) is 20.8 Å². The Labute approximate surface area is 168 Å². The third-order valence-electron chi connectivity index (χ3n) is 4.87. The van der Waals surface area contributed by atoms with Gasteiger partial charge >= 0.3 is 0 Å². The van der Waals surface area contributed by atoms with Crippen LogP contribution in [0.4, 0.5) is 5.69 Å². The van der Waals surface area contributed by atoms with E-state index >= 15 is 0 Å². The van der Waals surface area contributed by atoms with Gasteiger partial charge in [0.05, 0.1) is 16.3 Å². The first-order valence-electron chi connectivity index (χ1n) is 9.21. The van der Waals surface area contributed by atoms with Crippen molar-refractivity contribution >= 4 is 34.3 Å². The Hall–Kier alpha value is -2.73. The number of benzene rings is 2. The van der Waals surface area contributed by atoms with Crippen molar-refractivity contribution in [3.63, 3.8) is 0 Å².